The van der Waals surface area contributed by atoms with E-state index in [1.54, 1.807) is 24.3 Å². The molecular formula is C21H23N3O3. The van der Waals surface area contributed by atoms with Crippen LogP contribution in [0.15, 0.2) is 36.4 Å². The van der Waals surface area contributed by atoms with Crippen molar-refractivity contribution in [1.29, 1.82) is 5.26 Å². The second-order valence-electron chi connectivity index (χ2n) is 7.53. The zero-order valence-electron chi connectivity index (χ0n) is 15.5. The van der Waals surface area contributed by atoms with Gasteiger partial charge in [0.25, 0.3) is 0 Å². The smallest absolute Gasteiger partial charge is 0.247 e. The number of benzene rings is 1. The van der Waals surface area contributed by atoms with Crippen molar-refractivity contribution >= 4 is 23.4 Å². The maximum Gasteiger partial charge on any atom is 0.247 e. The Morgan fingerprint density at radius 2 is 1.85 bits per heavy atom. The average molecular weight is 365 g/mol. The highest BCUT2D eigenvalue weighted by Gasteiger charge is 2.51. The molecule has 1 aromatic rings. The number of imide groups is 1. The van der Waals surface area contributed by atoms with Gasteiger partial charge >= 0.3 is 0 Å². The van der Waals surface area contributed by atoms with Crippen LogP contribution in [0.25, 0.3) is 0 Å². The lowest BCUT2D eigenvalue weighted by Crippen LogP contribution is -2.48. The number of fused-ring (bicyclic) bond motifs is 1. The van der Waals surface area contributed by atoms with E-state index < -0.39 is 11.9 Å². The highest BCUT2D eigenvalue weighted by atomic mass is 16.2. The van der Waals surface area contributed by atoms with Gasteiger partial charge in [-0.25, -0.2) is 0 Å². The second-order valence-corrected chi connectivity index (χ2v) is 7.53. The number of nitrogens with one attached hydrogen (secondary N) is 1. The summed E-state index contributed by atoms with van der Waals surface area (Å²) < 4.78 is 0. The molecule has 3 atom stereocenters. The van der Waals surface area contributed by atoms with E-state index in [4.69, 9.17) is 5.26 Å². The summed E-state index contributed by atoms with van der Waals surface area (Å²) >= 11 is 0. The fraction of sp³-hybridized carbons (Fsp3) is 0.429. The van der Waals surface area contributed by atoms with Gasteiger partial charge < -0.3 is 5.32 Å². The molecule has 0 radical (unpaired) electrons. The monoisotopic (exact) mass is 365 g/mol. The SMILES string of the molecule is CC(C)CC(C(=O)Nc1cccc(C#N)c1)N1C(=O)C2CC=CCC2C1=O. The predicted octanol–water partition coefficient (Wildman–Crippen LogP) is 2.86. The van der Waals surface area contributed by atoms with Crippen LogP contribution in [0, 0.1) is 29.1 Å². The third-order valence-corrected chi connectivity index (χ3v) is 5.11. The molecular weight excluding hydrogens is 342 g/mol. The molecule has 1 aliphatic carbocycles. The summed E-state index contributed by atoms with van der Waals surface area (Å²) in [4.78, 5) is 39.9. The first kappa shape index (κ1) is 18.8. The van der Waals surface area contributed by atoms with Gasteiger partial charge in [-0.2, -0.15) is 5.26 Å². The highest BCUT2D eigenvalue weighted by molar-refractivity contribution is 6.10. The number of hydrogen-bond acceptors (Lipinski definition) is 4. The number of allylic oxidation sites excluding steroid dienone is 2. The van der Waals surface area contributed by atoms with Crippen LogP contribution >= 0.6 is 0 Å². The Kier molecular flexibility index (Phi) is 5.41. The van der Waals surface area contributed by atoms with Gasteiger partial charge in [0, 0.05) is 5.69 Å². The first-order valence-corrected chi connectivity index (χ1v) is 9.25. The lowest BCUT2D eigenvalue weighted by Gasteiger charge is -2.27. The van der Waals surface area contributed by atoms with Gasteiger partial charge in [-0.1, -0.05) is 32.1 Å². The molecule has 1 N–H and O–H groups in total. The topological polar surface area (TPSA) is 90.3 Å². The number of anilines is 1. The van der Waals surface area contributed by atoms with Crippen molar-refractivity contribution in [2.75, 3.05) is 5.32 Å². The Labute approximate surface area is 158 Å². The molecule has 0 aromatic heterocycles. The highest BCUT2D eigenvalue weighted by Crippen LogP contribution is 2.37. The molecule has 6 nitrogen and oxygen atoms in total. The number of amides is 3. The number of nitriles is 1. The maximum absolute atomic E-state index is 13.0. The number of carbonyl (C=O) groups is 3. The van der Waals surface area contributed by atoms with E-state index >= 15 is 0 Å². The van der Waals surface area contributed by atoms with Crippen molar-refractivity contribution in [3.05, 3.63) is 42.0 Å². The van der Waals surface area contributed by atoms with Gasteiger partial charge in [-0.15, -0.1) is 0 Å². The van der Waals surface area contributed by atoms with Crippen LogP contribution in [0.5, 0.6) is 0 Å². The molecule has 6 heteroatoms. The second kappa shape index (κ2) is 7.75. The van der Waals surface area contributed by atoms with Gasteiger partial charge in [0.15, 0.2) is 0 Å². The lowest BCUT2D eigenvalue weighted by atomic mass is 9.85. The predicted molar refractivity (Wildman–Crippen MR) is 100 cm³/mol. The lowest BCUT2D eigenvalue weighted by molar-refractivity contribution is -0.147. The Morgan fingerprint density at radius 1 is 1.22 bits per heavy atom. The summed E-state index contributed by atoms with van der Waals surface area (Å²) in [5, 5.41) is 11.8. The Bertz CT molecular complexity index is 811. The van der Waals surface area contributed by atoms with Crippen LogP contribution in [-0.4, -0.2) is 28.7 Å². The number of likely N-dealkylation sites (tertiary alicyclic amines) is 1. The number of rotatable bonds is 5. The molecule has 0 bridgehead atoms. The van der Waals surface area contributed by atoms with Gasteiger partial charge in [0.1, 0.15) is 6.04 Å². The van der Waals surface area contributed by atoms with Crippen LogP contribution < -0.4 is 5.32 Å². The van der Waals surface area contributed by atoms with Gasteiger partial charge in [0.05, 0.1) is 23.5 Å². The van der Waals surface area contributed by atoms with Crippen LogP contribution in [0.1, 0.15) is 38.7 Å². The van der Waals surface area contributed by atoms with Crippen molar-refractivity contribution in [1.82, 2.24) is 4.90 Å². The summed E-state index contributed by atoms with van der Waals surface area (Å²) in [5.41, 5.74) is 0.907. The molecule has 1 saturated heterocycles. The molecule has 1 aliphatic heterocycles. The summed E-state index contributed by atoms with van der Waals surface area (Å²) in [7, 11) is 0. The molecule has 1 aromatic carbocycles. The number of hydrogen-bond donors (Lipinski definition) is 1. The fourth-order valence-corrected chi connectivity index (χ4v) is 3.80. The molecule has 2 aliphatic rings. The van der Waals surface area contributed by atoms with Crippen LogP contribution in [-0.2, 0) is 14.4 Å². The number of carbonyl (C=O) groups excluding carboxylic acids is 3. The van der Waals surface area contributed by atoms with Gasteiger partial charge in [-0.3, -0.25) is 19.3 Å². The van der Waals surface area contributed by atoms with Gasteiger partial charge in [0.2, 0.25) is 17.7 Å². The molecule has 0 spiro atoms. The molecule has 3 amide bonds. The fourth-order valence-electron chi connectivity index (χ4n) is 3.80. The molecule has 3 rings (SSSR count). The minimum atomic E-state index is -0.846. The van der Waals surface area contributed by atoms with Crippen molar-refractivity contribution in [2.45, 2.75) is 39.2 Å². The van der Waals surface area contributed by atoms with Crippen molar-refractivity contribution in [2.24, 2.45) is 17.8 Å². The zero-order chi connectivity index (χ0) is 19.6. The normalized spacial score (nSPS) is 22.5. The summed E-state index contributed by atoms with van der Waals surface area (Å²) in [6, 6.07) is 7.76. The first-order chi connectivity index (χ1) is 12.9. The summed E-state index contributed by atoms with van der Waals surface area (Å²) in [6.07, 6.45) is 5.35. The van der Waals surface area contributed by atoms with Crippen molar-refractivity contribution < 1.29 is 14.4 Å². The van der Waals surface area contributed by atoms with E-state index in [0.717, 1.165) is 0 Å². The van der Waals surface area contributed by atoms with E-state index in [0.29, 0.717) is 30.5 Å². The zero-order valence-corrected chi connectivity index (χ0v) is 15.5. The molecule has 27 heavy (non-hydrogen) atoms. The third kappa shape index (κ3) is 3.77. The minimum absolute atomic E-state index is 0.132. The van der Waals surface area contributed by atoms with Crippen molar-refractivity contribution in [3.8, 4) is 6.07 Å². The number of nitrogens with zero attached hydrogens (tertiary/aromatic N) is 2. The van der Waals surface area contributed by atoms with Crippen molar-refractivity contribution in [3.63, 3.8) is 0 Å². The van der Waals surface area contributed by atoms with E-state index in [1.165, 1.54) is 4.90 Å². The van der Waals surface area contributed by atoms with Crippen LogP contribution in [0.2, 0.25) is 0 Å². The Hall–Kier alpha value is -2.94. The largest absolute Gasteiger partial charge is 0.324 e. The maximum atomic E-state index is 13.0. The van der Waals surface area contributed by atoms with Gasteiger partial charge in [-0.05, 0) is 43.4 Å². The van der Waals surface area contributed by atoms with E-state index in [9.17, 15) is 14.4 Å². The summed E-state index contributed by atoms with van der Waals surface area (Å²) in [5.74, 6) is -1.47. The Morgan fingerprint density at radius 3 is 2.41 bits per heavy atom. The van der Waals surface area contributed by atoms with Crippen LogP contribution in [0.4, 0.5) is 5.69 Å². The first-order valence-electron chi connectivity index (χ1n) is 9.25. The van der Waals surface area contributed by atoms with E-state index in [1.807, 2.05) is 32.1 Å². The minimum Gasteiger partial charge on any atom is -0.324 e. The molecule has 140 valence electrons. The quantitative estimate of drug-likeness (QED) is 0.642. The molecule has 3 unspecified atom stereocenters. The van der Waals surface area contributed by atoms with E-state index in [2.05, 4.69) is 5.32 Å². The molecule has 1 heterocycles. The molecule has 1 fully saturated rings. The third-order valence-electron chi connectivity index (χ3n) is 5.11. The van der Waals surface area contributed by atoms with E-state index in [-0.39, 0.29) is 29.6 Å². The standard InChI is InChI=1S/C21H23N3O3/c1-13(2)10-18(19(25)23-15-7-5-6-14(11-15)12-22)24-20(26)16-8-3-4-9-17(16)21(24)27/h3-7,11,13,16-18H,8-10H2,1-2H3,(H,23,25). The average Bonchev–Trinajstić information content (AvgIpc) is 2.91. The Balaban J connectivity index is 1.85. The molecule has 0 saturated carbocycles. The van der Waals surface area contributed by atoms with Crippen LogP contribution in [0.3, 0.4) is 0 Å². The summed E-state index contributed by atoms with van der Waals surface area (Å²) in [6.45, 7) is 3.91.